The van der Waals surface area contributed by atoms with Gasteiger partial charge in [0.05, 0.1) is 11.8 Å². The normalized spacial score (nSPS) is 25.6. The predicted octanol–water partition coefficient (Wildman–Crippen LogP) is 0.690. The van der Waals surface area contributed by atoms with E-state index in [-0.39, 0.29) is 66.4 Å². The van der Waals surface area contributed by atoms with Crippen molar-refractivity contribution >= 4 is 27.7 Å². The van der Waals surface area contributed by atoms with E-state index in [4.69, 9.17) is 4.52 Å². The number of aryl methyl sites for hydroxylation is 2. The van der Waals surface area contributed by atoms with Gasteiger partial charge in [-0.2, -0.15) is 4.31 Å². The van der Waals surface area contributed by atoms with Crippen molar-refractivity contribution in [3.63, 3.8) is 0 Å². The molecule has 2 unspecified atom stereocenters. The molecule has 2 atom stereocenters. The van der Waals surface area contributed by atoms with Crippen LogP contribution < -0.4 is 0 Å². The van der Waals surface area contributed by atoms with E-state index in [1.54, 1.807) is 18.7 Å². The van der Waals surface area contributed by atoms with Crippen molar-refractivity contribution < 1.29 is 27.3 Å². The maximum atomic E-state index is 13.1. The van der Waals surface area contributed by atoms with Crippen molar-refractivity contribution in [2.24, 2.45) is 11.8 Å². The number of carbonyl (C=O) groups excluding carboxylic acids is 3. The molecule has 0 aromatic carbocycles. The average Bonchev–Trinajstić information content (AvgIpc) is 3.07. The summed E-state index contributed by atoms with van der Waals surface area (Å²) in [5.41, 5.74) is 0.308. The van der Waals surface area contributed by atoms with Gasteiger partial charge in [0.25, 0.3) is 0 Å². The van der Waals surface area contributed by atoms with Crippen LogP contribution in [0.25, 0.3) is 0 Å². The van der Waals surface area contributed by atoms with Gasteiger partial charge in [0, 0.05) is 26.2 Å². The number of aromatic nitrogens is 1. The number of hydrogen-bond acceptors (Lipinski definition) is 7. The highest BCUT2D eigenvalue weighted by Crippen LogP contribution is 2.38. The highest BCUT2D eigenvalue weighted by molar-refractivity contribution is 7.89. The number of nitrogens with zero attached hydrogens (tertiary/aromatic N) is 4. The summed E-state index contributed by atoms with van der Waals surface area (Å²) in [5, 5.41) is 3.73. The lowest BCUT2D eigenvalue weighted by Crippen LogP contribution is -2.44. The molecule has 1 aromatic rings. The van der Waals surface area contributed by atoms with Gasteiger partial charge in [-0.3, -0.25) is 19.3 Å². The number of sulfonamides is 1. The highest BCUT2D eigenvalue weighted by Gasteiger charge is 2.48. The van der Waals surface area contributed by atoms with Crippen molar-refractivity contribution in [1.29, 1.82) is 0 Å². The summed E-state index contributed by atoms with van der Waals surface area (Å²) in [6.07, 6.45) is 3.74. The summed E-state index contributed by atoms with van der Waals surface area (Å²) in [6, 6.07) is 0. The van der Waals surface area contributed by atoms with Gasteiger partial charge >= 0.3 is 0 Å². The minimum Gasteiger partial charge on any atom is -0.360 e. The maximum absolute atomic E-state index is 13.1. The van der Waals surface area contributed by atoms with Gasteiger partial charge in [-0.1, -0.05) is 18.0 Å². The Morgan fingerprint density at radius 1 is 1.00 bits per heavy atom. The van der Waals surface area contributed by atoms with E-state index in [1.807, 2.05) is 0 Å². The molecule has 3 aliphatic rings. The zero-order valence-electron chi connectivity index (χ0n) is 17.9. The van der Waals surface area contributed by atoms with Crippen molar-refractivity contribution in [2.75, 3.05) is 32.7 Å². The molecule has 0 N–H and O–H groups in total. The largest absolute Gasteiger partial charge is 0.360 e. The fourth-order valence-corrected chi connectivity index (χ4v) is 6.74. The van der Waals surface area contributed by atoms with Crippen molar-refractivity contribution in [3.8, 4) is 0 Å². The van der Waals surface area contributed by atoms with Gasteiger partial charge in [0.15, 0.2) is 5.76 Å². The molecule has 170 valence electrons. The summed E-state index contributed by atoms with van der Waals surface area (Å²) < 4.78 is 32.5. The van der Waals surface area contributed by atoms with Crippen LogP contribution in [-0.2, 0) is 24.4 Å². The van der Waals surface area contributed by atoms with Crippen molar-refractivity contribution in [2.45, 2.75) is 50.8 Å². The van der Waals surface area contributed by atoms with E-state index in [9.17, 15) is 22.8 Å². The minimum absolute atomic E-state index is 0.0724. The Morgan fingerprint density at radius 3 is 2.23 bits per heavy atom. The Bertz CT molecular complexity index is 960. The number of likely N-dealkylation sites (tertiary alicyclic amines) is 1. The van der Waals surface area contributed by atoms with Gasteiger partial charge in [-0.25, -0.2) is 8.42 Å². The first-order chi connectivity index (χ1) is 14.7. The quantitative estimate of drug-likeness (QED) is 0.616. The van der Waals surface area contributed by atoms with Crippen LogP contribution in [0.1, 0.15) is 43.6 Å². The Kier molecular flexibility index (Phi) is 5.91. The Hall–Kier alpha value is -2.27. The molecule has 1 saturated carbocycles. The van der Waals surface area contributed by atoms with E-state index in [1.165, 1.54) is 4.31 Å². The van der Waals surface area contributed by atoms with Gasteiger partial charge in [0.1, 0.15) is 17.1 Å². The summed E-state index contributed by atoms with van der Waals surface area (Å²) in [4.78, 5) is 40.9. The standard InChI is InChI=1S/C20H28N4O6S/c1-13-18(14(2)30-21-13)31(28,29)23-9-5-8-22(10-11-23)17(25)12-24-19(26)15-6-3-4-7-16(15)20(24)27/h15-16H,3-12H2,1-2H3. The highest BCUT2D eigenvalue weighted by atomic mass is 32.2. The second-order valence-electron chi connectivity index (χ2n) is 8.55. The minimum atomic E-state index is -3.79. The average molecular weight is 453 g/mol. The van der Waals surface area contributed by atoms with Crippen LogP contribution in [0.15, 0.2) is 9.42 Å². The first-order valence-electron chi connectivity index (χ1n) is 10.8. The molecule has 3 fully saturated rings. The second kappa shape index (κ2) is 8.34. The lowest BCUT2D eigenvalue weighted by Gasteiger charge is -2.24. The third-order valence-corrected chi connectivity index (χ3v) is 8.74. The van der Waals surface area contributed by atoms with Gasteiger partial charge in [-0.05, 0) is 33.1 Å². The summed E-state index contributed by atoms with van der Waals surface area (Å²) in [5.74, 6) is -1.12. The molecule has 3 amide bonds. The summed E-state index contributed by atoms with van der Waals surface area (Å²) in [7, 11) is -3.79. The van der Waals surface area contributed by atoms with Gasteiger partial charge in [0.2, 0.25) is 27.7 Å². The zero-order chi connectivity index (χ0) is 22.3. The fourth-order valence-electron chi connectivity index (χ4n) is 4.98. The molecule has 4 rings (SSSR count). The molecule has 31 heavy (non-hydrogen) atoms. The van der Waals surface area contributed by atoms with Crippen LogP contribution in [0.4, 0.5) is 0 Å². The summed E-state index contributed by atoms with van der Waals surface area (Å²) >= 11 is 0. The summed E-state index contributed by atoms with van der Waals surface area (Å²) in [6.45, 7) is 3.84. The Morgan fingerprint density at radius 2 is 1.65 bits per heavy atom. The molecular formula is C20H28N4O6S. The van der Waals surface area contributed by atoms with Crippen LogP contribution in [0.3, 0.4) is 0 Å². The first-order valence-corrected chi connectivity index (χ1v) is 12.2. The van der Waals surface area contributed by atoms with Crippen LogP contribution >= 0.6 is 0 Å². The van der Waals surface area contributed by atoms with Crippen LogP contribution in [0.2, 0.25) is 0 Å². The third-order valence-electron chi connectivity index (χ3n) is 6.60. The lowest BCUT2D eigenvalue weighted by molar-refractivity contribution is -0.146. The van der Waals surface area contributed by atoms with E-state index < -0.39 is 10.0 Å². The number of amides is 3. The van der Waals surface area contributed by atoms with Gasteiger partial charge < -0.3 is 9.42 Å². The van der Waals surface area contributed by atoms with Crippen molar-refractivity contribution in [1.82, 2.24) is 19.3 Å². The molecule has 2 saturated heterocycles. The fraction of sp³-hybridized carbons (Fsp3) is 0.700. The van der Waals surface area contributed by atoms with Crippen LogP contribution in [-0.4, -0.2) is 78.1 Å². The Labute approximate surface area is 181 Å². The zero-order valence-corrected chi connectivity index (χ0v) is 18.7. The number of rotatable bonds is 4. The smallest absolute Gasteiger partial charge is 0.248 e. The predicted molar refractivity (Wildman–Crippen MR) is 108 cm³/mol. The monoisotopic (exact) mass is 452 g/mol. The number of imide groups is 1. The first kappa shape index (κ1) is 21.9. The molecule has 0 bridgehead atoms. The second-order valence-corrected chi connectivity index (χ2v) is 10.4. The molecule has 1 aliphatic carbocycles. The topological polar surface area (TPSA) is 121 Å². The molecule has 10 nitrogen and oxygen atoms in total. The van der Waals surface area contributed by atoms with E-state index in [0.29, 0.717) is 31.5 Å². The van der Waals surface area contributed by atoms with E-state index in [2.05, 4.69) is 5.16 Å². The molecule has 2 aliphatic heterocycles. The molecule has 3 heterocycles. The van der Waals surface area contributed by atoms with Crippen molar-refractivity contribution in [3.05, 3.63) is 11.5 Å². The molecular weight excluding hydrogens is 424 g/mol. The molecule has 0 radical (unpaired) electrons. The van der Waals surface area contributed by atoms with Crippen LogP contribution in [0.5, 0.6) is 0 Å². The van der Waals surface area contributed by atoms with E-state index in [0.717, 1.165) is 17.7 Å². The molecule has 1 aromatic heterocycles. The van der Waals surface area contributed by atoms with E-state index >= 15 is 0 Å². The third kappa shape index (κ3) is 3.89. The number of fused-ring (bicyclic) bond motifs is 1. The van der Waals surface area contributed by atoms with Gasteiger partial charge in [-0.15, -0.1) is 0 Å². The number of hydrogen-bond donors (Lipinski definition) is 0. The lowest BCUT2D eigenvalue weighted by atomic mass is 9.81. The maximum Gasteiger partial charge on any atom is 0.248 e. The SMILES string of the molecule is Cc1noc(C)c1S(=O)(=O)N1CCCN(C(=O)CN2C(=O)C3CCCCC3C2=O)CC1. The Balaban J connectivity index is 1.41. The van der Waals surface area contributed by atoms with Crippen LogP contribution in [0, 0.1) is 25.7 Å². The molecule has 0 spiro atoms. The molecule has 11 heteroatoms. The number of carbonyl (C=O) groups is 3.